The molecule has 0 radical (unpaired) electrons. The lowest BCUT2D eigenvalue weighted by Gasteiger charge is -2.34. The molecule has 1 aliphatic carbocycles. The third-order valence-electron chi connectivity index (χ3n) is 4.74. The summed E-state index contributed by atoms with van der Waals surface area (Å²) >= 11 is 0. The van der Waals surface area contributed by atoms with Gasteiger partial charge in [-0.05, 0) is 50.6 Å². The van der Waals surface area contributed by atoms with E-state index in [1.165, 1.54) is 64.7 Å². The first-order chi connectivity index (χ1) is 8.25. The summed E-state index contributed by atoms with van der Waals surface area (Å²) in [5, 5.41) is 3.81. The van der Waals surface area contributed by atoms with Crippen molar-refractivity contribution in [3.8, 4) is 0 Å². The van der Waals surface area contributed by atoms with E-state index in [0.717, 1.165) is 17.9 Å². The van der Waals surface area contributed by atoms with Crippen LogP contribution in [0.5, 0.6) is 0 Å². The highest BCUT2D eigenvalue weighted by Gasteiger charge is 2.24. The molecule has 1 saturated heterocycles. The van der Waals surface area contributed by atoms with Gasteiger partial charge in [0.1, 0.15) is 0 Å². The lowest BCUT2D eigenvalue weighted by atomic mass is 9.80. The fourth-order valence-corrected chi connectivity index (χ4v) is 3.41. The molecule has 2 nitrogen and oxygen atoms in total. The van der Waals surface area contributed by atoms with Crippen molar-refractivity contribution in [3.05, 3.63) is 0 Å². The first kappa shape index (κ1) is 13.4. The second kappa shape index (κ2) is 6.75. The lowest BCUT2D eigenvalue weighted by molar-refractivity contribution is 0.198. The highest BCUT2D eigenvalue weighted by Crippen LogP contribution is 2.28. The summed E-state index contributed by atoms with van der Waals surface area (Å²) in [6.45, 7) is 9.95. The van der Waals surface area contributed by atoms with Crippen LogP contribution in [0.25, 0.3) is 0 Å². The van der Waals surface area contributed by atoms with E-state index in [0.29, 0.717) is 0 Å². The molecular weight excluding hydrogens is 208 g/mol. The third kappa shape index (κ3) is 4.26. The van der Waals surface area contributed by atoms with Gasteiger partial charge in [0.2, 0.25) is 0 Å². The molecule has 0 aromatic carbocycles. The molecule has 0 bridgehead atoms. The number of piperidine rings is 1. The molecule has 0 aromatic rings. The lowest BCUT2D eigenvalue weighted by Crippen LogP contribution is -2.43. The van der Waals surface area contributed by atoms with E-state index in [9.17, 15) is 0 Å². The molecule has 1 N–H and O–H groups in total. The van der Waals surface area contributed by atoms with E-state index >= 15 is 0 Å². The molecule has 2 rings (SSSR count). The van der Waals surface area contributed by atoms with Crippen molar-refractivity contribution in [2.45, 2.75) is 58.4 Å². The molecule has 1 aliphatic heterocycles. The van der Waals surface area contributed by atoms with Crippen LogP contribution in [0.2, 0.25) is 0 Å². The van der Waals surface area contributed by atoms with Gasteiger partial charge in [-0.25, -0.2) is 0 Å². The number of likely N-dealkylation sites (tertiary alicyclic amines) is 1. The van der Waals surface area contributed by atoms with Crippen LogP contribution in [0.15, 0.2) is 0 Å². The van der Waals surface area contributed by atoms with Crippen molar-refractivity contribution >= 4 is 0 Å². The van der Waals surface area contributed by atoms with Crippen molar-refractivity contribution in [1.82, 2.24) is 10.2 Å². The van der Waals surface area contributed by atoms with E-state index in [1.54, 1.807) is 0 Å². The average molecular weight is 238 g/mol. The zero-order valence-corrected chi connectivity index (χ0v) is 11.8. The van der Waals surface area contributed by atoms with Gasteiger partial charge in [-0.1, -0.05) is 26.7 Å². The number of nitrogens with one attached hydrogen (secondary N) is 1. The summed E-state index contributed by atoms with van der Waals surface area (Å²) in [6, 6.07) is 0.781. The molecule has 0 amide bonds. The van der Waals surface area contributed by atoms with Gasteiger partial charge in [0.25, 0.3) is 0 Å². The third-order valence-corrected chi connectivity index (χ3v) is 4.74. The zero-order chi connectivity index (χ0) is 12.1. The summed E-state index contributed by atoms with van der Waals surface area (Å²) in [5.41, 5.74) is 0. The minimum Gasteiger partial charge on any atom is -0.312 e. The first-order valence-electron chi connectivity index (χ1n) is 7.71. The summed E-state index contributed by atoms with van der Waals surface area (Å²) in [5.74, 6) is 1.81. The van der Waals surface area contributed by atoms with Gasteiger partial charge in [-0.15, -0.1) is 0 Å². The van der Waals surface area contributed by atoms with Crippen LogP contribution in [-0.2, 0) is 0 Å². The molecule has 100 valence electrons. The van der Waals surface area contributed by atoms with Crippen LogP contribution in [0.3, 0.4) is 0 Å². The monoisotopic (exact) mass is 238 g/mol. The van der Waals surface area contributed by atoms with Crippen LogP contribution in [0.1, 0.15) is 52.4 Å². The topological polar surface area (TPSA) is 15.3 Å². The van der Waals surface area contributed by atoms with Crippen molar-refractivity contribution in [1.29, 1.82) is 0 Å². The molecule has 2 heteroatoms. The Hall–Kier alpha value is -0.0800. The van der Waals surface area contributed by atoms with Crippen molar-refractivity contribution < 1.29 is 0 Å². The highest BCUT2D eigenvalue weighted by molar-refractivity contribution is 4.81. The summed E-state index contributed by atoms with van der Waals surface area (Å²) in [7, 11) is 0. The van der Waals surface area contributed by atoms with Gasteiger partial charge in [0, 0.05) is 19.1 Å². The van der Waals surface area contributed by atoms with Crippen molar-refractivity contribution in [3.63, 3.8) is 0 Å². The molecule has 0 aromatic heterocycles. The summed E-state index contributed by atoms with van der Waals surface area (Å²) in [4.78, 5) is 2.63. The smallest absolute Gasteiger partial charge is 0.0107 e. The van der Waals surface area contributed by atoms with Crippen molar-refractivity contribution in [2.24, 2.45) is 11.8 Å². The van der Waals surface area contributed by atoms with Gasteiger partial charge in [0.15, 0.2) is 0 Å². The maximum Gasteiger partial charge on any atom is 0.0107 e. The maximum absolute atomic E-state index is 3.81. The second-order valence-electron chi connectivity index (χ2n) is 6.36. The largest absolute Gasteiger partial charge is 0.312 e. The van der Waals surface area contributed by atoms with Gasteiger partial charge < -0.3 is 10.2 Å². The normalized spacial score (nSPS) is 36.0. The standard InChI is InChI=1S/C15H30N2/c1-13-6-7-14(2)15(12-13)16-8-11-17-9-4-3-5-10-17/h13-16H,3-12H2,1-2H3. The maximum atomic E-state index is 3.81. The Kier molecular flexibility index (Phi) is 5.30. The van der Waals surface area contributed by atoms with Crippen LogP contribution in [-0.4, -0.2) is 37.1 Å². The Morgan fingerprint density at radius 2 is 1.82 bits per heavy atom. The van der Waals surface area contributed by atoms with E-state index in [4.69, 9.17) is 0 Å². The fourth-order valence-electron chi connectivity index (χ4n) is 3.41. The molecule has 3 atom stereocenters. The van der Waals surface area contributed by atoms with E-state index < -0.39 is 0 Å². The number of hydrogen-bond donors (Lipinski definition) is 1. The Bertz CT molecular complexity index is 211. The van der Waals surface area contributed by atoms with E-state index in [1.807, 2.05) is 0 Å². The number of nitrogens with zero attached hydrogens (tertiary/aromatic N) is 1. The van der Waals surface area contributed by atoms with E-state index in [2.05, 4.69) is 24.1 Å². The van der Waals surface area contributed by atoms with Gasteiger partial charge in [0.05, 0.1) is 0 Å². The Labute approximate surface area is 107 Å². The molecule has 1 heterocycles. The molecule has 1 saturated carbocycles. The van der Waals surface area contributed by atoms with Crippen molar-refractivity contribution in [2.75, 3.05) is 26.2 Å². The predicted octanol–water partition coefficient (Wildman–Crippen LogP) is 2.89. The Balaban J connectivity index is 1.63. The van der Waals surface area contributed by atoms with Gasteiger partial charge >= 0.3 is 0 Å². The van der Waals surface area contributed by atoms with E-state index in [-0.39, 0.29) is 0 Å². The highest BCUT2D eigenvalue weighted by atomic mass is 15.1. The van der Waals surface area contributed by atoms with Crippen LogP contribution in [0.4, 0.5) is 0 Å². The molecule has 3 unspecified atom stereocenters. The van der Waals surface area contributed by atoms with Crippen LogP contribution >= 0.6 is 0 Å². The first-order valence-corrected chi connectivity index (χ1v) is 7.71. The zero-order valence-electron chi connectivity index (χ0n) is 11.8. The quantitative estimate of drug-likeness (QED) is 0.810. The summed E-state index contributed by atoms with van der Waals surface area (Å²) in [6.07, 6.45) is 8.52. The number of hydrogen-bond acceptors (Lipinski definition) is 2. The number of rotatable bonds is 4. The summed E-state index contributed by atoms with van der Waals surface area (Å²) < 4.78 is 0. The van der Waals surface area contributed by atoms with Gasteiger partial charge in [-0.2, -0.15) is 0 Å². The average Bonchev–Trinajstić information content (AvgIpc) is 2.35. The SMILES string of the molecule is CC1CCC(C)C(NCCN2CCCCC2)C1. The molecular formula is C15H30N2. The molecule has 17 heavy (non-hydrogen) atoms. The Morgan fingerprint density at radius 1 is 1.06 bits per heavy atom. The predicted molar refractivity (Wildman–Crippen MR) is 74.3 cm³/mol. The fraction of sp³-hybridized carbons (Fsp3) is 1.00. The molecule has 0 spiro atoms. The van der Waals surface area contributed by atoms with Crippen LogP contribution < -0.4 is 5.32 Å². The molecule has 2 aliphatic rings. The Morgan fingerprint density at radius 3 is 2.59 bits per heavy atom. The van der Waals surface area contributed by atoms with Gasteiger partial charge in [-0.3, -0.25) is 0 Å². The van der Waals surface area contributed by atoms with Crippen LogP contribution in [0, 0.1) is 11.8 Å². The molecule has 2 fully saturated rings. The minimum absolute atomic E-state index is 0.781. The minimum atomic E-state index is 0.781. The second-order valence-corrected chi connectivity index (χ2v) is 6.36.